The van der Waals surface area contributed by atoms with Crippen molar-refractivity contribution in [3.8, 4) is 0 Å². The Balaban J connectivity index is 3.28. The van der Waals surface area contributed by atoms with Crippen LogP contribution in [0.3, 0.4) is 0 Å². The third-order valence-electron chi connectivity index (χ3n) is 1.26. The minimum Gasteiger partial charge on any atom is -0.464 e. The van der Waals surface area contributed by atoms with E-state index in [1.807, 2.05) is 0 Å². The number of hydrogen-bond donors (Lipinski definition) is 0. The average Bonchev–Trinajstić information content (AvgIpc) is 2.10. The van der Waals surface area contributed by atoms with E-state index in [4.69, 9.17) is 11.6 Å². The van der Waals surface area contributed by atoms with Crippen molar-refractivity contribution < 1.29 is 18.3 Å². The Bertz CT molecular complexity index is 357. The molecule has 0 amide bonds. The van der Waals surface area contributed by atoms with Crippen molar-refractivity contribution in [1.82, 2.24) is 4.98 Å². The van der Waals surface area contributed by atoms with E-state index in [1.54, 1.807) is 0 Å². The number of esters is 1. The molecule has 1 rings (SSSR count). The van der Waals surface area contributed by atoms with Gasteiger partial charge in [0.15, 0.2) is 5.69 Å². The summed E-state index contributed by atoms with van der Waals surface area (Å²) >= 11 is 5.33. The second kappa shape index (κ2) is 3.66. The Hall–Kier alpha value is -1.23. The normalized spacial score (nSPS) is 9.85. The van der Waals surface area contributed by atoms with Gasteiger partial charge in [-0.2, -0.15) is 4.39 Å². The van der Waals surface area contributed by atoms with E-state index in [1.165, 1.54) is 0 Å². The zero-order valence-corrected chi connectivity index (χ0v) is 7.23. The van der Waals surface area contributed by atoms with Gasteiger partial charge in [0.25, 0.3) is 0 Å². The number of pyridine rings is 1. The molecule has 0 spiro atoms. The monoisotopic (exact) mass is 207 g/mol. The highest BCUT2D eigenvalue weighted by Gasteiger charge is 2.17. The van der Waals surface area contributed by atoms with Crippen LogP contribution in [0.5, 0.6) is 0 Å². The summed E-state index contributed by atoms with van der Waals surface area (Å²) in [6, 6.07) is 0.481. The zero-order chi connectivity index (χ0) is 10.0. The average molecular weight is 208 g/mol. The fraction of sp³-hybridized carbons (Fsp3) is 0.143. The lowest BCUT2D eigenvalue weighted by molar-refractivity contribution is 0.0592. The Morgan fingerprint density at radius 3 is 2.77 bits per heavy atom. The number of nitrogens with zero attached hydrogens (tertiary/aromatic N) is 1. The van der Waals surface area contributed by atoms with Crippen LogP contribution in [0, 0.1) is 11.8 Å². The van der Waals surface area contributed by atoms with Crippen molar-refractivity contribution >= 4 is 17.6 Å². The molecule has 0 saturated carbocycles. The van der Waals surface area contributed by atoms with E-state index in [2.05, 4.69) is 9.72 Å². The van der Waals surface area contributed by atoms with Gasteiger partial charge in [-0.05, 0) is 0 Å². The highest BCUT2D eigenvalue weighted by Crippen LogP contribution is 2.19. The molecule has 1 heterocycles. The third kappa shape index (κ3) is 1.92. The number of methoxy groups -OCH3 is 1. The standard InChI is InChI=1S/C7H4ClF2NO2/c1-13-7(12)6-5(8)3(9)2-4(10)11-6/h2H,1H3. The first-order valence-corrected chi connectivity index (χ1v) is 3.54. The predicted octanol–water partition coefficient (Wildman–Crippen LogP) is 1.80. The summed E-state index contributed by atoms with van der Waals surface area (Å²) in [5.74, 6) is -3.15. The van der Waals surface area contributed by atoms with E-state index in [0.29, 0.717) is 6.07 Å². The van der Waals surface area contributed by atoms with E-state index < -0.39 is 28.5 Å². The topological polar surface area (TPSA) is 39.2 Å². The summed E-state index contributed by atoms with van der Waals surface area (Å²) in [6.45, 7) is 0. The Morgan fingerprint density at radius 1 is 1.62 bits per heavy atom. The fourth-order valence-electron chi connectivity index (χ4n) is 0.701. The van der Waals surface area contributed by atoms with Crippen LogP contribution in [0.15, 0.2) is 6.07 Å². The molecule has 0 atom stereocenters. The summed E-state index contributed by atoms with van der Waals surface area (Å²) in [6.07, 6.45) is 0. The van der Waals surface area contributed by atoms with Crippen LogP contribution in [0.1, 0.15) is 10.5 Å². The highest BCUT2D eigenvalue weighted by atomic mass is 35.5. The lowest BCUT2D eigenvalue weighted by Gasteiger charge is -2.01. The van der Waals surface area contributed by atoms with Crippen molar-refractivity contribution in [1.29, 1.82) is 0 Å². The van der Waals surface area contributed by atoms with Crippen molar-refractivity contribution in [2.75, 3.05) is 7.11 Å². The molecular weight excluding hydrogens is 204 g/mol. The van der Waals surface area contributed by atoms with Crippen LogP contribution >= 0.6 is 11.6 Å². The smallest absolute Gasteiger partial charge is 0.358 e. The van der Waals surface area contributed by atoms with Crippen LogP contribution in [0.4, 0.5) is 8.78 Å². The molecule has 3 nitrogen and oxygen atoms in total. The molecule has 0 aliphatic carbocycles. The summed E-state index contributed by atoms with van der Waals surface area (Å²) in [5.41, 5.74) is -0.568. The van der Waals surface area contributed by atoms with Crippen molar-refractivity contribution in [3.05, 3.63) is 28.5 Å². The second-order valence-electron chi connectivity index (χ2n) is 2.08. The zero-order valence-electron chi connectivity index (χ0n) is 6.47. The molecule has 1 aromatic heterocycles. The molecule has 0 unspecified atom stereocenters. The number of carbonyl (C=O) groups excluding carboxylic acids is 1. The first kappa shape index (κ1) is 9.85. The number of carbonyl (C=O) groups is 1. The first-order valence-electron chi connectivity index (χ1n) is 3.16. The summed E-state index contributed by atoms with van der Waals surface area (Å²) in [5, 5.41) is -0.548. The molecule has 0 aliphatic rings. The van der Waals surface area contributed by atoms with Crippen LogP contribution < -0.4 is 0 Å². The van der Waals surface area contributed by atoms with Gasteiger partial charge in [0, 0.05) is 6.07 Å². The van der Waals surface area contributed by atoms with E-state index >= 15 is 0 Å². The Morgan fingerprint density at radius 2 is 2.23 bits per heavy atom. The maximum atomic E-state index is 12.7. The summed E-state index contributed by atoms with van der Waals surface area (Å²) in [7, 11) is 1.06. The van der Waals surface area contributed by atoms with Gasteiger partial charge in [-0.25, -0.2) is 14.2 Å². The van der Waals surface area contributed by atoms with Crippen LogP contribution in [0.25, 0.3) is 0 Å². The van der Waals surface area contributed by atoms with Gasteiger partial charge in [-0.1, -0.05) is 11.6 Å². The minimum atomic E-state index is -1.12. The van der Waals surface area contributed by atoms with E-state index in [0.717, 1.165) is 7.11 Å². The Kier molecular flexibility index (Phi) is 2.77. The van der Waals surface area contributed by atoms with Gasteiger partial charge >= 0.3 is 5.97 Å². The molecule has 70 valence electrons. The molecule has 0 aromatic carbocycles. The second-order valence-corrected chi connectivity index (χ2v) is 2.46. The molecule has 0 fully saturated rings. The molecule has 6 heteroatoms. The molecular formula is C7H4ClF2NO2. The molecule has 0 N–H and O–H groups in total. The lowest BCUT2D eigenvalue weighted by atomic mass is 10.3. The lowest BCUT2D eigenvalue weighted by Crippen LogP contribution is -2.07. The third-order valence-corrected chi connectivity index (χ3v) is 1.62. The Labute approximate surface area is 77.3 Å². The van der Waals surface area contributed by atoms with Gasteiger partial charge in [-0.15, -0.1) is 0 Å². The number of ether oxygens (including phenoxy) is 1. The van der Waals surface area contributed by atoms with Gasteiger partial charge in [-0.3, -0.25) is 0 Å². The molecule has 0 saturated heterocycles. The van der Waals surface area contributed by atoms with E-state index in [-0.39, 0.29) is 0 Å². The van der Waals surface area contributed by atoms with Gasteiger partial charge in [0.1, 0.15) is 10.8 Å². The number of rotatable bonds is 1. The first-order chi connectivity index (χ1) is 6.06. The fourth-order valence-corrected chi connectivity index (χ4v) is 0.875. The maximum absolute atomic E-state index is 12.7. The van der Waals surface area contributed by atoms with Gasteiger partial charge in [0.05, 0.1) is 7.11 Å². The predicted molar refractivity (Wildman–Crippen MR) is 40.5 cm³/mol. The minimum absolute atomic E-state index is 0.481. The van der Waals surface area contributed by atoms with E-state index in [9.17, 15) is 13.6 Å². The van der Waals surface area contributed by atoms with Crippen LogP contribution in [0.2, 0.25) is 5.02 Å². The highest BCUT2D eigenvalue weighted by molar-refractivity contribution is 6.33. The number of halogens is 3. The largest absolute Gasteiger partial charge is 0.464 e. The molecule has 0 bridgehead atoms. The van der Waals surface area contributed by atoms with Crippen molar-refractivity contribution in [2.45, 2.75) is 0 Å². The van der Waals surface area contributed by atoms with Crippen LogP contribution in [-0.4, -0.2) is 18.1 Å². The maximum Gasteiger partial charge on any atom is 0.358 e. The molecule has 0 radical (unpaired) electrons. The molecule has 0 aliphatic heterocycles. The summed E-state index contributed by atoms with van der Waals surface area (Å²) in [4.78, 5) is 13.9. The number of aromatic nitrogens is 1. The van der Waals surface area contributed by atoms with Gasteiger partial charge < -0.3 is 4.74 Å². The SMILES string of the molecule is COC(=O)c1nc(F)cc(F)c1Cl. The summed E-state index contributed by atoms with van der Waals surface area (Å²) < 4.78 is 29.4. The van der Waals surface area contributed by atoms with Gasteiger partial charge in [0.2, 0.25) is 5.95 Å². The number of hydrogen-bond acceptors (Lipinski definition) is 3. The quantitative estimate of drug-likeness (QED) is 0.521. The molecule has 1 aromatic rings. The van der Waals surface area contributed by atoms with Crippen molar-refractivity contribution in [3.63, 3.8) is 0 Å². The molecule has 13 heavy (non-hydrogen) atoms. The van der Waals surface area contributed by atoms with Crippen LogP contribution in [-0.2, 0) is 4.74 Å². The van der Waals surface area contributed by atoms with Crippen molar-refractivity contribution in [2.24, 2.45) is 0 Å².